The summed E-state index contributed by atoms with van der Waals surface area (Å²) in [6, 6.07) is 8.52. The van der Waals surface area contributed by atoms with Gasteiger partial charge in [-0.3, -0.25) is 4.79 Å². The molecule has 1 saturated carbocycles. The number of nitrogens with zero attached hydrogens (tertiary/aromatic N) is 4. The molecule has 0 amide bonds. The molecule has 0 saturated heterocycles. The van der Waals surface area contributed by atoms with Gasteiger partial charge in [0.1, 0.15) is 6.10 Å². The molecule has 1 aliphatic carbocycles. The first kappa shape index (κ1) is 20.2. The summed E-state index contributed by atoms with van der Waals surface area (Å²) in [6.07, 6.45) is 6.26. The summed E-state index contributed by atoms with van der Waals surface area (Å²) in [7, 11) is 0. The lowest BCUT2D eigenvalue weighted by Crippen LogP contribution is -2.44. The van der Waals surface area contributed by atoms with E-state index in [2.05, 4.69) is 51.4 Å². The second-order valence-corrected chi connectivity index (χ2v) is 8.04. The van der Waals surface area contributed by atoms with Gasteiger partial charge >= 0.3 is 0 Å². The van der Waals surface area contributed by atoms with Crippen molar-refractivity contribution in [2.75, 3.05) is 0 Å². The van der Waals surface area contributed by atoms with Crippen molar-refractivity contribution in [1.82, 2.24) is 25.4 Å². The smallest absolute Gasteiger partial charge is 0.293 e. The van der Waals surface area contributed by atoms with Gasteiger partial charge in [-0.15, -0.1) is 0 Å². The zero-order chi connectivity index (χ0) is 20.9. The van der Waals surface area contributed by atoms with E-state index in [-0.39, 0.29) is 6.10 Å². The molecule has 8 nitrogen and oxygen atoms in total. The third-order valence-corrected chi connectivity index (χ3v) is 5.11. The molecule has 2 heterocycles. The minimum atomic E-state index is 0.0393. The van der Waals surface area contributed by atoms with E-state index < -0.39 is 0 Å². The molecule has 0 aliphatic heterocycles. The van der Waals surface area contributed by atoms with E-state index >= 15 is 0 Å². The Balaban J connectivity index is 1.34. The average molecular weight is 407 g/mol. The van der Waals surface area contributed by atoms with E-state index in [9.17, 15) is 4.79 Å². The Bertz CT molecular complexity index is 963. The summed E-state index contributed by atoms with van der Waals surface area (Å²) in [5.41, 5.74) is 3.12. The van der Waals surface area contributed by atoms with E-state index in [0.717, 1.165) is 30.4 Å². The maximum absolute atomic E-state index is 10.3. The first-order chi connectivity index (χ1) is 14.6. The highest BCUT2D eigenvalue weighted by Gasteiger charge is 2.29. The predicted molar refractivity (Wildman–Crippen MR) is 110 cm³/mol. The van der Waals surface area contributed by atoms with E-state index in [1.807, 2.05) is 12.1 Å². The predicted octanol–water partition coefficient (Wildman–Crippen LogP) is 3.19. The van der Waals surface area contributed by atoms with Crippen molar-refractivity contribution in [3.8, 4) is 23.1 Å². The molecular formula is C22H25N5O3. The fraction of sp³-hybridized carbons (Fsp3) is 0.409. The normalized spacial score (nSPS) is 18.2. The molecule has 1 N–H and O–H groups in total. The number of hydrogen-bond donors (Lipinski definition) is 1. The van der Waals surface area contributed by atoms with Crippen LogP contribution in [-0.2, 0) is 22.5 Å². The van der Waals surface area contributed by atoms with Gasteiger partial charge in [-0.05, 0) is 42.9 Å². The quantitative estimate of drug-likeness (QED) is 0.540. The Morgan fingerprint density at radius 2 is 1.87 bits per heavy atom. The van der Waals surface area contributed by atoms with Crippen LogP contribution in [0.15, 0.2) is 41.2 Å². The Morgan fingerprint density at radius 3 is 2.53 bits per heavy atom. The Morgan fingerprint density at radius 1 is 1.13 bits per heavy atom. The first-order valence-electron chi connectivity index (χ1n) is 10.2. The fourth-order valence-corrected chi connectivity index (χ4v) is 3.43. The van der Waals surface area contributed by atoms with Crippen LogP contribution in [0.25, 0.3) is 23.1 Å². The van der Waals surface area contributed by atoms with Crippen molar-refractivity contribution in [2.45, 2.75) is 51.8 Å². The second-order valence-electron chi connectivity index (χ2n) is 8.04. The molecule has 2 aromatic heterocycles. The van der Waals surface area contributed by atoms with Crippen LogP contribution in [0.2, 0.25) is 0 Å². The largest absolute Gasteiger partial charge is 0.464 e. The maximum Gasteiger partial charge on any atom is 0.293 e. The zero-order valence-electron chi connectivity index (χ0n) is 17.1. The van der Waals surface area contributed by atoms with Crippen molar-refractivity contribution >= 4 is 6.47 Å². The van der Waals surface area contributed by atoms with Crippen molar-refractivity contribution < 1.29 is 14.1 Å². The van der Waals surface area contributed by atoms with Gasteiger partial charge in [0.25, 0.3) is 12.4 Å². The molecule has 0 atom stereocenters. The van der Waals surface area contributed by atoms with Gasteiger partial charge in [0.2, 0.25) is 11.6 Å². The lowest BCUT2D eigenvalue weighted by Gasteiger charge is -2.34. The Kier molecular flexibility index (Phi) is 6.13. The highest BCUT2D eigenvalue weighted by atomic mass is 16.5. The van der Waals surface area contributed by atoms with Crippen LogP contribution >= 0.6 is 0 Å². The van der Waals surface area contributed by atoms with Crippen molar-refractivity contribution in [3.05, 3.63) is 47.8 Å². The standard InChI is InChI=1S/C22H25N5O3/c1-14(2)7-15-3-5-17(6-4-15)22-26-21(27-30-22)20-24-11-16(12-25-20)10-23-18-8-19(9-18)29-13-28/h3-6,11-14,18-19,23H,7-10H2,1-2H3. The molecular weight excluding hydrogens is 382 g/mol. The van der Waals surface area contributed by atoms with Crippen LogP contribution in [0.4, 0.5) is 0 Å². The number of carbonyl (C=O) groups excluding carboxylic acids is 1. The van der Waals surface area contributed by atoms with Gasteiger partial charge in [-0.25, -0.2) is 9.97 Å². The third kappa shape index (κ3) is 4.88. The SMILES string of the molecule is CC(C)Cc1ccc(-c2nc(-c3ncc(CNC4CC(OC=O)C4)cn3)no2)cc1. The number of nitrogens with one attached hydrogen (secondary N) is 1. The zero-order valence-corrected chi connectivity index (χ0v) is 17.1. The minimum absolute atomic E-state index is 0.0393. The average Bonchev–Trinajstić information content (AvgIpc) is 3.20. The fourth-order valence-electron chi connectivity index (χ4n) is 3.43. The van der Waals surface area contributed by atoms with Gasteiger partial charge in [0.05, 0.1) is 0 Å². The van der Waals surface area contributed by atoms with E-state index in [1.165, 1.54) is 5.56 Å². The highest BCUT2D eigenvalue weighted by Crippen LogP contribution is 2.23. The number of hydrogen-bond acceptors (Lipinski definition) is 8. The lowest BCUT2D eigenvalue weighted by atomic mass is 9.89. The van der Waals surface area contributed by atoms with E-state index in [0.29, 0.717) is 42.5 Å². The summed E-state index contributed by atoms with van der Waals surface area (Å²) in [5, 5.41) is 7.42. The Hall–Kier alpha value is -3.13. The van der Waals surface area contributed by atoms with Crippen molar-refractivity contribution in [3.63, 3.8) is 0 Å². The summed E-state index contributed by atoms with van der Waals surface area (Å²) in [6.45, 7) is 5.57. The molecule has 0 spiro atoms. The molecule has 1 aliphatic rings. The molecule has 1 fully saturated rings. The molecule has 8 heteroatoms. The van der Waals surface area contributed by atoms with Crippen LogP contribution in [0.5, 0.6) is 0 Å². The van der Waals surface area contributed by atoms with Gasteiger partial charge in [0, 0.05) is 36.1 Å². The van der Waals surface area contributed by atoms with Gasteiger partial charge < -0.3 is 14.6 Å². The number of benzene rings is 1. The van der Waals surface area contributed by atoms with Gasteiger partial charge in [0.15, 0.2) is 0 Å². The maximum atomic E-state index is 10.3. The van der Waals surface area contributed by atoms with Crippen molar-refractivity contribution in [2.24, 2.45) is 5.92 Å². The summed E-state index contributed by atoms with van der Waals surface area (Å²) >= 11 is 0. The van der Waals surface area contributed by atoms with Crippen molar-refractivity contribution in [1.29, 1.82) is 0 Å². The van der Waals surface area contributed by atoms with Crippen LogP contribution in [0, 0.1) is 5.92 Å². The third-order valence-electron chi connectivity index (χ3n) is 5.11. The highest BCUT2D eigenvalue weighted by molar-refractivity contribution is 5.56. The van der Waals surface area contributed by atoms with Gasteiger partial charge in [-0.1, -0.05) is 31.1 Å². The lowest BCUT2D eigenvalue weighted by molar-refractivity contribution is -0.138. The van der Waals surface area contributed by atoms with Crippen LogP contribution in [0.1, 0.15) is 37.8 Å². The molecule has 0 unspecified atom stereocenters. The summed E-state index contributed by atoms with van der Waals surface area (Å²) in [5.74, 6) is 1.85. The number of carbonyl (C=O) groups is 1. The molecule has 4 rings (SSSR count). The first-order valence-corrected chi connectivity index (χ1v) is 10.2. The monoisotopic (exact) mass is 407 g/mol. The van der Waals surface area contributed by atoms with Gasteiger partial charge in [-0.2, -0.15) is 4.98 Å². The molecule has 3 aromatic rings. The minimum Gasteiger partial charge on any atom is -0.464 e. The molecule has 30 heavy (non-hydrogen) atoms. The molecule has 0 radical (unpaired) electrons. The van der Waals surface area contributed by atoms with Crippen LogP contribution < -0.4 is 5.32 Å². The molecule has 0 bridgehead atoms. The molecule has 1 aromatic carbocycles. The number of ether oxygens (including phenoxy) is 1. The van der Waals surface area contributed by atoms with E-state index in [4.69, 9.17) is 9.26 Å². The summed E-state index contributed by atoms with van der Waals surface area (Å²) in [4.78, 5) is 23.5. The molecule has 156 valence electrons. The Labute approximate surface area is 175 Å². The van der Waals surface area contributed by atoms with E-state index in [1.54, 1.807) is 12.4 Å². The second kappa shape index (κ2) is 9.13. The number of aromatic nitrogens is 4. The van der Waals surface area contributed by atoms with Crippen LogP contribution in [0.3, 0.4) is 0 Å². The topological polar surface area (TPSA) is 103 Å². The summed E-state index contributed by atoms with van der Waals surface area (Å²) < 4.78 is 10.3. The number of rotatable bonds is 9. The van der Waals surface area contributed by atoms with Crippen LogP contribution in [-0.4, -0.2) is 38.7 Å².